The maximum atomic E-state index is 14.2. The lowest BCUT2D eigenvalue weighted by Gasteiger charge is -2.33. The molecular weight excluding hydrogens is 1700 g/mol. The van der Waals surface area contributed by atoms with Crippen molar-refractivity contribution in [1.29, 1.82) is 0 Å². The molecule has 1 fully saturated rings. The average Bonchev–Trinajstić information content (AvgIpc) is 1.60. The van der Waals surface area contributed by atoms with E-state index in [1.807, 2.05) is 256 Å². The van der Waals surface area contributed by atoms with Gasteiger partial charge in [-0.3, -0.25) is 28.8 Å². The first kappa shape index (κ1) is 102. The van der Waals surface area contributed by atoms with E-state index in [0.717, 1.165) is 73.1 Å². The summed E-state index contributed by atoms with van der Waals surface area (Å²) in [6.45, 7) is 30.1. The van der Waals surface area contributed by atoms with Gasteiger partial charge in [-0.15, -0.1) is 0 Å². The fraction of sp³-hybridized carbons (Fsp3) is 0.351. The minimum Gasteiger partial charge on any atom is -0.481 e. The number of anilines is 3. The Kier molecular flexibility index (Phi) is 35.1. The van der Waals surface area contributed by atoms with E-state index in [1.54, 1.807) is 57.2 Å². The second-order valence-electron chi connectivity index (χ2n) is 37.9. The Bertz CT molecular complexity index is 5890. The molecule has 0 unspecified atom stereocenters. The summed E-state index contributed by atoms with van der Waals surface area (Å²) >= 11 is 0. The number of aliphatic hydroxyl groups excluding tert-OH is 3. The van der Waals surface area contributed by atoms with Gasteiger partial charge in [-0.05, 0) is 242 Å². The summed E-state index contributed by atoms with van der Waals surface area (Å²) in [6.07, 6.45) is -2.57. The number of nitrogens with zero attached hydrogens (tertiary/aromatic N) is 3. The van der Waals surface area contributed by atoms with Crippen LogP contribution in [-0.4, -0.2) is 123 Å². The van der Waals surface area contributed by atoms with Gasteiger partial charge in [-0.25, -0.2) is 13.2 Å². The maximum absolute atomic E-state index is 14.2. The molecule has 706 valence electrons. The Morgan fingerprint density at radius 1 is 0.410 bits per heavy atom. The van der Waals surface area contributed by atoms with E-state index in [0.29, 0.717) is 77.4 Å². The zero-order chi connectivity index (χ0) is 96.9. The third kappa shape index (κ3) is 28.2. The van der Waals surface area contributed by atoms with Crippen molar-refractivity contribution in [2.24, 2.45) is 0 Å². The topological polar surface area (TPSA) is 271 Å². The summed E-state index contributed by atoms with van der Waals surface area (Å²) < 4.78 is 71.9. The van der Waals surface area contributed by atoms with Crippen molar-refractivity contribution < 1.29 is 81.3 Å². The second kappa shape index (κ2) is 46.3. The molecule has 3 aromatic heterocycles. The molecule has 4 heterocycles. The molecule has 20 nitrogen and oxygen atoms in total. The molecule has 9 aromatic carbocycles. The van der Waals surface area contributed by atoms with Crippen molar-refractivity contribution in [3.63, 3.8) is 0 Å². The van der Waals surface area contributed by atoms with Gasteiger partial charge in [0.1, 0.15) is 29.2 Å². The van der Waals surface area contributed by atoms with E-state index in [9.17, 15) is 62.4 Å². The number of esters is 2. The van der Waals surface area contributed by atoms with Gasteiger partial charge in [-0.2, -0.15) is 0 Å². The number of hydrogen-bond acceptors (Lipinski definition) is 13. The third-order valence-electron chi connectivity index (χ3n) is 22.5. The molecule has 1 saturated heterocycles. The molecule has 134 heavy (non-hydrogen) atoms. The SMILES string of the molecule is CC(C)c1c(C(=O)Nc2ccccc2)c(-c2ccccc2)c(-c2ccc(F)cc2)n1CC[C@@H](O)C[C@@H](O)CC(=O)OC(C)(C)C.CC(C)c1c(C(=O)Nc2ccccc2)c(-c2ccccc2)c(-c2ccc(F)cc2)n1CC[C@@H](O)C[C@H](CC(=O)O)OC(C)(C)C.CC(C)c1c(C(=O)Nc2ccccc2)c(-c2ccccc2)c(-c2ccc(F)cc2)n1CC[C@@H]1C[C@@H](OC(C)(C)C)CC(=O)O1. The van der Waals surface area contributed by atoms with E-state index in [4.69, 9.17) is 18.9 Å². The molecule has 0 bridgehead atoms. The lowest BCUT2D eigenvalue weighted by molar-refractivity contribution is -0.171. The van der Waals surface area contributed by atoms with Gasteiger partial charge in [0.05, 0.1) is 94.8 Å². The van der Waals surface area contributed by atoms with Crippen LogP contribution in [0.15, 0.2) is 255 Å². The standard InChI is InChI=1S/2C37H43FN2O5.C37H41FN2O4/c1-24(2)34-33(36(44)39-28-14-10-7-11-15-28)32(25-12-8-6-9-13-25)35(26-16-18-27(38)19-17-26)40(34)21-20-29(41)22-30(23-31(42)43)45-37(3,4)5;1-24(2)34-33(36(44)39-28-14-10-7-11-15-28)32(25-12-8-6-9-13-25)35(26-16-18-27(38)19-17-26)40(34)21-20-29(41)22-30(42)23-31(43)45-37(3,4)5;1-24(2)34-33(36(42)39-28-14-10-7-11-15-28)32(25-12-8-6-9-13-25)35(26-16-18-27(38)19-17-26)40(34)21-20-29-22-30(23-31(41)43-29)44-37(3,4)5/h6-19,24,29-30,41H,20-23H2,1-5H3,(H,39,44)(H,42,43);6-19,24,29-30,41-42H,20-23H2,1-5H3,(H,39,44);6-19,24,29-30H,20-23H2,1-5H3,(H,39,42)/t3*29-,30-/m111/s1. The summed E-state index contributed by atoms with van der Waals surface area (Å²) in [5.74, 6) is -3.88. The van der Waals surface area contributed by atoms with Crippen LogP contribution in [0.2, 0.25) is 0 Å². The van der Waals surface area contributed by atoms with Crippen LogP contribution < -0.4 is 16.0 Å². The van der Waals surface area contributed by atoms with Crippen LogP contribution in [0.1, 0.15) is 228 Å². The number of hydrogen-bond donors (Lipinski definition) is 7. The molecule has 1 aliphatic heterocycles. The number of cyclic esters (lactones) is 1. The first-order valence-corrected chi connectivity index (χ1v) is 46.0. The van der Waals surface area contributed by atoms with Crippen LogP contribution >= 0.6 is 0 Å². The fourth-order valence-electron chi connectivity index (χ4n) is 17.4. The first-order valence-electron chi connectivity index (χ1n) is 46.0. The van der Waals surface area contributed by atoms with Crippen molar-refractivity contribution in [3.05, 3.63) is 306 Å². The molecule has 13 rings (SSSR count). The van der Waals surface area contributed by atoms with Gasteiger partial charge in [0, 0.05) is 89.7 Å². The molecule has 23 heteroatoms. The highest BCUT2D eigenvalue weighted by Crippen LogP contribution is 2.47. The highest BCUT2D eigenvalue weighted by Gasteiger charge is 2.38. The molecule has 0 radical (unpaired) electrons. The number of para-hydroxylation sites is 3. The summed E-state index contributed by atoms with van der Waals surface area (Å²) in [4.78, 5) is 78.9. The number of rotatable bonds is 34. The van der Waals surface area contributed by atoms with Crippen LogP contribution in [0.5, 0.6) is 0 Å². The lowest BCUT2D eigenvalue weighted by Crippen LogP contribution is -2.38. The number of aromatic nitrogens is 3. The molecule has 1 aliphatic rings. The lowest BCUT2D eigenvalue weighted by atomic mass is 9.94. The monoisotopic (exact) mass is 1820 g/mol. The number of benzene rings is 9. The average molecular weight is 1830 g/mol. The largest absolute Gasteiger partial charge is 0.481 e. The molecule has 0 saturated carbocycles. The Morgan fingerprint density at radius 3 is 1.04 bits per heavy atom. The van der Waals surface area contributed by atoms with Crippen LogP contribution in [0, 0.1) is 17.5 Å². The van der Waals surface area contributed by atoms with Crippen LogP contribution in [0.25, 0.3) is 67.2 Å². The number of carbonyl (C=O) groups excluding carboxylic acids is 5. The normalized spacial score (nSPS) is 14.3. The number of carbonyl (C=O) groups is 6. The Morgan fingerprint density at radius 2 is 0.731 bits per heavy atom. The number of carboxylic acid groups (broad SMARTS) is 1. The minimum atomic E-state index is -1.08. The summed E-state index contributed by atoms with van der Waals surface area (Å²) in [5, 5.41) is 51.4. The van der Waals surface area contributed by atoms with Crippen molar-refractivity contribution >= 4 is 52.7 Å². The van der Waals surface area contributed by atoms with Crippen molar-refractivity contribution in [1.82, 2.24) is 13.7 Å². The molecule has 12 aromatic rings. The predicted molar refractivity (Wildman–Crippen MR) is 523 cm³/mol. The number of carboxylic acids is 1. The number of nitrogens with one attached hydrogen (secondary N) is 3. The molecule has 0 spiro atoms. The number of halogens is 3. The third-order valence-corrected chi connectivity index (χ3v) is 22.5. The van der Waals surface area contributed by atoms with E-state index in [2.05, 4.69) is 38.9 Å². The van der Waals surface area contributed by atoms with E-state index >= 15 is 0 Å². The maximum Gasteiger partial charge on any atom is 0.308 e. The molecule has 7 N–H and O–H groups in total. The number of amides is 3. The van der Waals surface area contributed by atoms with Crippen molar-refractivity contribution in [2.45, 2.75) is 252 Å². The zero-order valence-corrected chi connectivity index (χ0v) is 79.3. The second-order valence-corrected chi connectivity index (χ2v) is 37.9. The first-order chi connectivity index (χ1) is 63.7. The number of aliphatic hydroxyl groups is 3. The number of ether oxygens (including phenoxy) is 4. The summed E-state index contributed by atoms with van der Waals surface area (Å²) in [6, 6.07) is 75.7. The van der Waals surface area contributed by atoms with Crippen LogP contribution in [-0.2, 0) is 53.0 Å². The van der Waals surface area contributed by atoms with E-state index in [1.165, 1.54) is 36.4 Å². The van der Waals surface area contributed by atoms with Gasteiger partial charge >= 0.3 is 17.9 Å². The minimum absolute atomic E-state index is 0.0176. The number of aliphatic carboxylic acids is 1. The van der Waals surface area contributed by atoms with Crippen molar-refractivity contribution in [2.75, 3.05) is 16.0 Å². The summed E-state index contributed by atoms with van der Waals surface area (Å²) in [7, 11) is 0. The Labute approximate surface area is 784 Å². The highest BCUT2D eigenvalue weighted by molar-refractivity contribution is 6.15. The van der Waals surface area contributed by atoms with Gasteiger partial charge in [0.15, 0.2) is 0 Å². The molecule has 3 amide bonds. The molecule has 6 atom stereocenters. The van der Waals surface area contributed by atoms with Gasteiger partial charge in [-0.1, -0.05) is 187 Å². The molecule has 0 aliphatic carbocycles. The van der Waals surface area contributed by atoms with Crippen LogP contribution in [0.3, 0.4) is 0 Å². The predicted octanol–water partition coefficient (Wildman–Crippen LogP) is 24.3. The van der Waals surface area contributed by atoms with Gasteiger partial charge < -0.3 is 69.0 Å². The Hall–Kier alpha value is -12.8. The van der Waals surface area contributed by atoms with Gasteiger partial charge in [0.2, 0.25) is 0 Å². The van der Waals surface area contributed by atoms with Crippen LogP contribution in [0.4, 0.5) is 30.2 Å². The summed E-state index contributed by atoms with van der Waals surface area (Å²) in [5.41, 5.74) is 13.6. The molecular formula is C111H127F3N6O14. The fourth-order valence-corrected chi connectivity index (χ4v) is 17.4. The van der Waals surface area contributed by atoms with Crippen molar-refractivity contribution in [3.8, 4) is 67.2 Å². The van der Waals surface area contributed by atoms with Gasteiger partial charge in [0.25, 0.3) is 17.7 Å². The zero-order valence-electron chi connectivity index (χ0n) is 79.3. The smallest absolute Gasteiger partial charge is 0.308 e. The Balaban J connectivity index is 0.000000193. The quantitative estimate of drug-likeness (QED) is 0.0185. The highest BCUT2D eigenvalue weighted by atomic mass is 19.1. The van der Waals surface area contributed by atoms with E-state index < -0.39 is 47.6 Å². The van der Waals surface area contributed by atoms with E-state index in [-0.39, 0.29) is 122 Å².